The van der Waals surface area contributed by atoms with Gasteiger partial charge in [0.15, 0.2) is 0 Å². The number of aromatic nitrogens is 3. The van der Waals surface area contributed by atoms with Crippen LogP contribution >= 0.6 is 0 Å². The topological polar surface area (TPSA) is 100 Å². The Morgan fingerprint density at radius 3 is 2.46 bits per heavy atom. The number of nitrogens with zero attached hydrogens (tertiary/aromatic N) is 3. The molecule has 0 bridgehead atoms. The average molecular weight is 384 g/mol. The highest BCUT2D eigenvalue weighted by Crippen LogP contribution is 2.16. The lowest BCUT2D eigenvalue weighted by Gasteiger charge is -2.09. The predicted molar refractivity (Wildman–Crippen MR) is 101 cm³/mol. The lowest BCUT2D eigenvalue weighted by molar-refractivity contribution is -0.115. The molecule has 0 radical (unpaired) electrons. The van der Waals surface area contributed by atoms with E-state index in [1.165, 1.54) is 12.1 Å². The lowest BCUT2D eigenvalue weighted by Crippen LogP contribution is -2.16. The van der Waals surface area contributed by atoms with Crippen LogP contribution in [0.15, 0.2) is 42.5 Å². The summed E-state index contributed by atoms with van der Waals surface area (Å²) >= 11 is 0. The Morgan fingerprint density at radius 1 is 1.11 bits per heavy atom. The van der Waals surface area contributed by atoms with Gasteiger partial charge in [0, 0.05) is 5.69 Å². The molecule has 3 rings (SSSR count). The number of carbonyl (C=O) groups excluding carboxylic acids is 1. The number of hydrogen-bond donors (Lipinski definition) is 3. The van der Waals surface area contributed by atoms with Gasteiger partial charge in [-0.25, -0.2) is 9.07 Å². The largest absolute Gasteiger partial charge is 0.392 e. The van der Waals surface area contributed by atoms with Crippen molar-refractivity contribution in [3.8, 4) is 0 Å². The first-order valence-electron chi connectivity index (χ1n) is 8.76. The van der Waals surface area contributed by atoms with Crippen LogP contribution in [0.2, 0.25) is 0 Å². The molecule has 0 saturated carbocycles. The van der Waals surface area contributed by atoms with Gasteiger partial charge in [0.2, 0.25) is 5.91 Å². The SMILES string of the molecule is Cc1c(CC(=O)Nc2cc(CO)cc(CO)c2)nnn1Cc1cccc(F)c1. The highest BCUT2D eigenvalue weighted by Gasteiger charge is 2.14. The van der Waals surface area contributed by atoms with Gasteiger partial charge < -0.3 is 15.5 Å². The number of amides is 1. The first kappa shape index (κ1) is 19.7. The molecule has 0 aliphatic rings. The minimum Gasteiger partial charge on any atom is -0.392 e. The number of rotatable bonds is 7. The van der Waals surface area contributed by atoms with Crippen LogP contribution in [-0.2, 0) is 31.0 Å². The van der Waals surface area contributed by atoms with Crippen molar-refractivity contribution >= 4 is 11.6 Å². The summed E-state index contributed by atoms with van der Waals surface area (Å²) < 4.78 is 15.0. The van der Waals surface area contributed by atoms with E-state index >= 15 is 0 Å². The van der Waals surface area contributed by atoms with Gasteiger partial charge in [0.25, 0.3) is 0 Å². The minimum atomic E-state index is -0.317. The number of anilines is 1. The Labute approximate surface area is 161 Å². The summed E-state index contributed by atoms with van der Waals surface area (Å²) in [4.78, 5) is 12.4. The van der Waals surface area contributed by atoms with Crippen LogP contribution in [0.4, 0.5) is 10.1 Å². The van der Waals surface area contributed by atoms with E-state index in [2.05, 4.69) is 15.6 Å². The number of nitrogens with one attached hydrogen (secondary N) is 1. The zero-order valence-electron chi connectivity index (χ0n) is 15.4. The summed E-state index contributed by atoms with van der Waals surface area (Å²) in [6, 6.07) is 11.2. The summed E-state index contributed by atoms with van der Waals surface area (Å²) in [6.45, 7) is 1.78. The molecular weight excluding hydrogens is 363 g/mol. The molecule has 0 aliphatic carbocycles. The van der Waals surface area contributed by atoms with Gasteiger partial charge in [-0.3, -0.25) is 4.79 Å². The van der Waals surface area contributed by atoms with Crippen molar-refractivity contribution in [2.45, 2.75) is 33.1 Å². The molecule has 8 heteroatoms. The summed E-state index contributed by atoms with van der Waals surface area (Å²) in [6.07, 6.45) is 0.0206. The molecular formula is C20H21FN4O3. The Bertz CT molecular complexity index is 965. The summed E-state index contributed by atoms with van der Waals surface area (Å²) in [5.74, 6) is -0.609. The van der Waals surface area contributed by atoms with Crippen molar-refractivity contribution in [1.82, 2.24) is 15.0 Å². The van der Waals surface area contributed by atoms with Crippen molar-refractivity contribution in [2.24, 2.45) is 0 Å². The molecule has 1 aromatic heterocycles. The smallest absolute Gasteiger partial charge is 0.230 e. The van der Waals surface area contributed by atoms with Gasteiger partial charge in [0.05, 0.1) is 37.6 Å². The molecule has 0 spiro atoms. The van der Waals surface area contributed by atoms with E-state index in [0.717, 1.165) is 11.3 Å². The third-order valence-electron chi connectivity index (χ3n) is 4.33. The maximum atomic E-state index is 13.3. The van der Waals surface area contributed by atoms with Crippen LogP contribution in [-0.4, -0.2) is 31.1 Å². The molecule has 0 unspecified atom stereocenters. The molecule has 0 fully saturated rings. The second-order valence-corrected chi connectivity index (χ2v) is 6.49. The third-order valence-corrected chi connectivity index (χ3v) is 4.33. The molecule has 0 saturated heterocycles. The van der Waals surface area contributed by atoms with E-state index in [4.69, 9.17) is 0 Å². The zero-order valence-corrected chi connectivity index (χ0v) is 15.4. The molecule has 0 aliphatic heterocycles. The van der Waals surface area contributed by atoms with Gasteiger partial charge >= 0.3 is 0 Å². The first-order valence-corrected chi connectivity index (χ1v) is 8.76. The maximum absolute atomic E-state index is 13.3. The van der Waals surface area contributed by atoms with E-state index in [9.17, 15) is 19.4 Å². The van der Waals surface area contributed by atoms with Gasteiger partial charge in [-0.15, -0.1) is 5.10 Å². The average Bonchev–Trinajstić information content (AvgIpc) is 3.01. The molecule has 28 heavy (non-hydrogen) atoms. The highest BCUT2D eigenvalue weighted by atomic mass is 19.1. The second kappa shape index (κ2) is 8.73. The monoisotopic (exact) mass is 384 g/mol. The van der Waals surface area contributed by atoms with Gasteiger partial charge in [-0.2, -0.15) is 0 Å². The standard InChI is InChI=1S/C20H21FN4O3/c1-13-19(23-24-25(13)10-14-3-2-4-17(21)6-14)9-20(28)22-18-7-15(11-26)5-16(8-18)12-27/h2-8,26-27H,9-12H2,1H3,(H,22,28). The fourth-order valence-electron chi connectivity index (χ4n) is 2.89. The number of carbonyl (C=O) groups is 1. The zero-order chi connectivity index (χ0) is 20.1. The quantitative estimate of drug-likeness (QED) is 0.578. The fourth-order valence-corrected chi connectivity index (χ4v) is 2.89. The Kier molecular flexibility index (Phi) is 6.13. The van der Waals surface area contributed by atoms with Crippen LogP contribution in [0.1, 0.15) is 28.1 Å². The van der Waals surface area contributed by atoms with Crippen LogP contribution in [0.3, 0.4) is 0 Å². The van der Waals surface area contributed by atoms with Crippen molar-refractivity contribution in [1.29, 1.82) is 0 Å². The van der Waals surface area contributed by atoms with Crippen LogP contribution in [0.5, 0.6) is 0 Å². The van der Waals surface area contributed by atoms with Crippen molar-refractivity contribution in [3.05, 3.63) is 76.4 Å². The third kappa shape index (κ3) is 4.79. The predicted octanol–water partition coefficient (Wildman–Crippen LogP) is 1.94. The summed E-state index contributed by atoms with van der Waals surface area (Å²) in [5.41, 5.74) is 3.68. The maximum Gasteiger partial charge on any atom is 0.230 e. The van der Waals surface area contributed by atoms with E-state index in [1.807, 2.05) is 0 Å². The van der Waals surface area contributed by atoms with Crippen molar-refractivity contribution in [2.75, 3.05) is 5.32 Å². The fraction of sp³-hybridized carbons (Fsp3) is 0.250. The Balaban J connectivity index is 1.69. The lowest BCUT2D eigenvalue weighted by atomic mass is 10.1. The number of hydrogen-bond acceptors (Lipinski definition) is 5. The Hall–Kier alpha value is -3.10. The summed E-state index contributed by atoms with van der Waals surface area (Å²) in [5, 5.41) is 29.4. The highest BCUT2D eigenvalue weighted by molar-refractivity contribution is 5.92. The molecule has 1 amide bonds. The molecule has 1 heterocycles. The van der Waals surface area contributed by atoms with E-state index in [-0.39, 0.29) is 31.4 Å². The van der Waals surface area contributed by atoms with Gasteiger partial charge in [-0.1, -0.05) is 23.4 Å². The molecule has 146 valence electrons. The normalized spacial score (nSPS) is 10.9. The van der Waals surface area contributed by atoms with Crippen molar-refractivity contribution < 1.29 is 19.4 Å². The number of aliphatic hydroxyl groups is 2. The molecule has 3 aromatic rings. The first-order chi connectivity index (χ1) is 13.5. The number of halogens is 1. The van der Waals surface area contributed by atoms with E-state index < -0.39 is 0 Å². The molecule has 7 nitrogen and oxygen atoms in total. The van der Waals surface area contributed by atoms with Crippen molar-refractivity contribution in [3.63, 3.8) is 0 Å². The van der Waals surface area contributed by atoms with E-state index in [1.54, 1.807) is 41.9 Å². The Morgan fingerprint density at radius 2 is 1.82 bits per heavy atom. The van der Waals surface area contributed by atoms with Crippen LogP contribution in [0, 0.1) is 12.7 Å². The molecule has 0 atom stereocenters. The number of aliphatic hydroxyl groups excluding tert-OH is 2. The molecule has 2 aromatic carbocycles. The minimum absolute atomic E-state index is 0.0206. The number of benzene rings is 2. The van der Waals surface area contributed by atoms with Crippen LogP contribution in [0.25, 0.3) is 0 Å². The second-order valence-electron chi connectivity index (χ2n) is 6.49. The van der Waals surface area contributed by atoms with Gasteiger partial charge in [-0.05, 0) is 47.9 Å². The van der Waals surface area contributed by atoms with Gasteiger partial charge in [0.1, 0.15) is 5.82 Å². The summed E-state index contributed by atoms with van der Waals surface area (Å²) in [7, 11) is 0. The van der Waals surface area contributed by atoms with Crippen LogP contribution < -0.4 is 5.32 Å². The molecule has 3 N–H and O–H groups in total. The van der Waals surface area contributed by atoms with E-state index in [0.29, 0.717) is 29.1 Å².